The minimum absolute atomic E-state index is 0.0700. The maximum absolute atomic E-state index is 5.97. The van der Waals surface area contributed by atoms with Crippen LogP contribution in [-0.4, -0.2) is 10.5 Å². The number of para-hydroxylation sites is 1. The van der Waals surface area contributed by atoms with Gasteiger partial charge in [-0.1, -0.05) is 18.2 Å². The molecule has 0 saturated heterocycles. The van der Waals surface area contributed by atoms with Crippen molar-refractivity contribution in [2.75, 3.05) is 0 Å². The zero-order chi connectivity index (χ0) is 15.3. The third kappa shape index (κ3) is 5.14. The fourth-order valence-electron chi connectivity index (χ4n) is 1.84. The molecular weight excluding hydrogens is 328 g/mol. The molecule has 2 rings (SSSR count). The van der Waals surface area contributed by atoms with Crippen LogP contribution in [0.15, 0.2) is 47.1 Å². The van der Waals surface area contributed by atoms with E-state index in [1.165, 1.54) is 0 Å². The van der Waals surface area contributed by atoms with E-state index in [4.69, 9.17) is 4.74 Å². The number of halogens is 1. The zero-order valence-corrected chi connectivity index (χ0v) is 14.3. The molecule has 4 heteroatoms. The summed E-state index contributed by atoms with van der Waals surface area (Å²) in [7, 11) is 0. The molecule has 112 valence electrons. The van der Waals surface area contributed by atoms with E-state index in [1.54, 1.807) is 6.20 Å². The molecule has 1 N–H and O–H groups in total. The molecule has 0 fully saturated rings. The topological polar surface area (TPSA) is 34.1 Å². The fraction of sp³-hybridized carbons (Fsp3) is 0.353. The van der Waals surface area contributed by atoms with Crippen LogP contribution >= 0.6 is 15.9 Å². The molecule has 1 aromatic heterocycles. The van der Waals surface area contributed by atoms with Crippen molar-refractivity contribution < 1.29 is 4.74 Å². The van der Waals surface area contributed by atoms with E-state index in [1.807, 2.05) is 30.3 Å². The van der Waals surface area contributed by atoms with E-state index in [9.17, 15) is 0 Å². The summed E-state index contributed by atoms with van der Waals surface area (Å²) >= 11 is 3.57. The van der Waals surface area contributed by atoms with Gasteiger partial charge in [0.25, 0.3) is 0 Å². The van der Waals surface area contributed by atoms with Crippen LogP contribution in [-0.2, 0) is 13.2 Å². The Labute approximate surface area is 134 Å². The number of aromatic nitrogens is 1. The molecule has 0 atom stereocenters. The number of hydrogen-bond acceptors (Lipinski definition) is 3. The predicted octanol–water partition coefficient (Wildman–Crippen LogP) is 4.31. The van der Waals surface area contributed by atoms with Gasteiger partial charge in [-0.2, -0.15) is 0 Å². The Bertz CT molecular complexity index is 579. The Hall–Kier alpha value is -1.39. The highest BCUT2D eigenvalue weighted by Crippen LogP contribution is 2.30. The molecule has 0 unspecified atom stereocenters. The van der Waals surface area contributed by atoms with E-state index in [2.05, 4.69) is 53.1 Å². The molecule has 2 aromatic rings. The monoisotopic (exact) mass is 348 g/mol. The summed E-state index contributed by atoms with van der Waals surface area (Å²) in [5.41, 5.74) is 2.12. The van der Waals surface area contributed by atoms with Gasteiger partial charge >= 0.3 is 0 Å². The molecule has 0 amide bonds. The van der Waals surface area contributed by atoms with E-state index in [-0.39, 0.29) is 5.54 Å². The van der Waals surface area contributed by atoms with Crippen molar-refractivity contribution in [3.8, 4) is 5.75 Å². The predicted molar refractivity (Wildman–Crippen MR) is 89.3 cm³/mol. The summed E-state index contributed by atoms with van der Waals surface area (Å²) in [6.07, 6.45) is 1.78. The lowest BCUT2D eigenvalue weighted by molar-refractivity contribution is 0.293. The van der Waals surface area contributed by atoms with Crippen molar-refractivity contribution in [1.29, 1.82) is 0 Å². The lowest BCUT2D eigenvalue weighted by atomic mass is 10.1. The van der Waals surface area contributed by atoms with Crippen molar-refractivity contribution in [3.63, 3.8) is 0 Å². The maximum atomic E-state index is 5.97. The molecule has 0 aliphatic rings. The summed E-state index contributed by atoms with van der Waals surface area (Å²) in [5, 5.41) is 3.49. The molecule has 1 aromatic carbocycles. The van der Waals surface area contributed by atoms with Gasteiger partial charge < -0.3 is 10.1 Å². The molecule has 3 nitrogen and oxygen atoms in total. The van der Waals surface area contributed by atoms with Gasteiger partial charge in [-0.3, -0.25) is 4.98 Å². The second-order valence-corrected chi connectivity index (χ2v) is 6.80. The van der Waals surface area contributed by atoms with Gasteiger partial charge in [0.2, 0.25) is 0 Å². The largest absolute Gasteiger partial charge is 0.486 e. The third-order valence-corrected chi connectivity index (χ3v) is 3.57. The average Bonchev–Trinajstić information content (AvgIpc) is 2.44. The molecule has 0 saturated carbocycles. The second kappa shape index (κ2) is 7.05. The standard InChI is InChI=1S/C17H21BrN2O/c1-17(2,3)20-11-13-7-6-9-15(18)16(13)21-12-14-8-4-5-10-19-14/h4-10,20H,11-12H2,1-3H3. The number of nitrogens with one attached hydrogen (secondary N) is 1. The highest BCUT2D eigenvalue weighted by molar-refractivity contribution is 9.10. The first-order valence-electron chi connectivity index (χ1n) is 7.01. The van der Waals surface area contributed by atoms with Gasteiger partial charge in [-0.05, 0) is 54.9 Å². The number of nitrogens with zero attached hydrogens (tertiary/aromatic N) is 1. The minimum atomic E-state index is 0.0700. The quantitative estimate of drug-likeness (QED) is 0.873. The first-order chi connectivity index (χ1) is 9.96. The molecule has 1 heterocycles. The average molecular weight is 349 g/mol. The summed E-state index contributed by atoms with van der Waals surface area (Å²) in [6.45, 7) is 7.69. The van der Waals surface area contributed by atoms with E-state index in [0.717, 1.165) is 28.0 Å². The maximum Gasteiger partial charge on any atom is 0.138 e. The first-order valence-corrected chi connectivity index (χ1v) is 7.80. The summed E-state index contributed by atoms with van der Waals surface area (Å²) in [4.78, 5) is 4.28. The highest BCUT2D eigenvalue weighted by atomic mass is 79.9. The number of pyridine rings is 1. The van der Waals surface area contributed by atoms with Crippen molar-refractivity contribution in [3.05, 3.63) is 58.3 Å². The van der Waals surface area contributed by atoms with Crippen molar-refractivity contribution in [2.24, 2.45) is 0 Å². The Balaban J connectivity index is 2.10. The smallest absolute Gasteiger partial charge is 0.138 e. The van der Waals surface area contributed by atoms with E-state index in [0.29, 0.717) is 6.61 Å². The molecule has 0 spiro atoms. The van der Waals surface area contributed by atoms with Gasteiger partial charge in [0, 0.05) is 23.8 Å². The summed E-state index contributed by atoms with van der Waals surface area (Å²) < 4.78 is 6.93. The lowest BCUT2D eigenvalue weighted by Crippen LogP contribution is -2.35. The second-order valence-electron chi connectivity index (χ2n) is 5.94. The van der Waals surface area contributed by atoms with Crippen molar-refractivity contribution >= 4 is 15.9 Å². The Morgan fingerprint density at radius 1 is 1.14 bits per heavy atom. The van der Waals surface area contributed by atoms with Crippen LogP contribution in [0.25, 0.3) is 0 Å². The number of rotatable bonds is 5. The fourth-order valence-corrected chi connectivity index (χ4v) is 2.37. The molecule has 21 heavy (non-hydrogen) atoms. The number of benzene rings is 1. The first kappa shape index (κ1) is 16.0. The van der Waals surface area contributed by atoms with Crippen LogP contribution in [0.4, 0.5) is 0 Å². The van der Waals surface area contributed by atoms with Gasteiger partial charge in [-0.25, -0.2) is 0 Å². The number of hydrogen-bond donors (Lipinski definition) is 1. The molecular formula is C17H21BrN2O. The van der Waals surface area contributed by atoms with Crippen LogP contribution in [0.2, 0.25) is 0 Å². The van der Waals surface area contributed by atoms with Gasteiger partial charge in [0.15, 0.2) is 0 Å². The van der Waals surface area contributed by atoms with Crippen molar-refractivity contribution in [2.45, 2.75) is 39.5 Å². The van der Waals surface area contributed by atoms with Crippen LogP contribution < -0.4 is 10.1 Å². The molecule has 0 aliphatic heterocycles. The summed E-state index contributed by atoms with van der Waals surface area (Å²) in [6, 6.07) is 11.9. The normalized spacial score (nSPS) is 11.4. The van der Waals surface area contributed by atoms with Gasteiger partial charge in [0.05, 0.1) is 10.2 Å². The highest BCUT2D eigenvalue weighted by Gasteiger charge is 2.13. The lowest BCUT2D eigenvalue weighted by Gasteiger charge is -2.22. The minimum Gasteiger partial charge on any atom is -0.486 e. The van der Waals surface area contributed by atoms with Crippen LogP contribution in [0.5, 0.6) is 5.75 Å². The Morgan fingerprint density at radius 3 is 2.62 bits per heavy atom. The van der Waals surface area contributed by atoms with Crippen LogP contribution in [0, 0.1) is 0 Å². The van der Waals surface area contributed by atoms with Crippen LogP contribution in [0.3, 0.4) is 0 Å². The number of ether oxygens (including phenoxy) is 1. The molecule has 0 bridgehead atoms. The van der Waals surface area contributed by atoms with E-state index >= 15 is 0 Å². The Kier molecular flexibility index (Phi) is 5.37. The SMILES string of the molecule is CC(C)(C)NCc1cccc(Br)c1OCc1ccccn1. The molecule has 0 aliphatic carbocycles. The molecule has 0 radical (unpaired) electrons. The Morgan fingerprint density at radius 2 is 1.95 bits per heavy atom. The van der Waals surface area contributed by atoms with Gasteiger partial charge in [-0.15, -0.1) is 0 Å². The van der Waals surface area contributed by atoms with Crippen LogP contribution in [0.1, 0.15) is 32.0 Å². The van der Waals surface area contributed by atoms with E-state index < -0.39 is 0 Å². The summed E-state index contributed by atoms with van der Waals surface area (Å²) in [5.74, 6) is 0.875. The zero-order valence-electron chi connectivity index (χ0n) is 12.7. The third-order valence-electron chi connectivity index (χ3n) is 2.95. The van der Waals surface area contributed by atoms with Crippen molar-refractivity contribution in [1.82, 2.24) is 10.3 Å². The van der Waals surface area contributed by atoms with Gasteiger partial charge in [0.1, 0.15) is 12.4 Å².